The highest BCUT2D eigenvalue weighted by Gasteiger charge is 2.12. The summed E-state index contributed by atoms with van der Waals surface area (Å²) < 4.78 is 7.76. The van der Waals surface area contributed by atoms with E-state index in [-0.39, 0.29) is 0 Å². The predicted octanol–water partition coefficient (Wildman–Crippen LogP) is 1.01. The van der Waals surface area contributed by atoms with Gasteiger partial charge in [-0.3, -0.25) is 4.68 Å². The lowest BCUT2D eigenvalue weighted by Gasteiger charge is -2.23. The summed E-state index contributed by atoms with van der Waals surface area (Å²) in [6, 6.07) is 0. The van der Waals surface area contributed by atoms with Crippen LogP contribution < -0.4 is 5.32 Å². The number of aryl methyl sites for hydroxylation is 1. The Hall–Kier alpha value is -0.910. The number of hydrogen-bond donors (Lipinski definition) is 1. The molecule has 2 heterocycles. The fourth-order valence-electron chi connectivity index (χ4n) is 2.49. The van der Waals surface area contributed by atoms with E-state index in [0.29, 0.717) is 6.10 Å². The first-order valence-corrected chi connectivity index (χ1v) is 7.22. The molecule has 0 saturated carbocycles. The van der Waals surface area contributed by atoms with E-state index in [1.165, 1.54) is 5.56 Å². The molecule has 5 heteroatoms. The molecule has 0 bridgehead atoms. The first kappa shape index (κ1) is 14.5. The average molecular weight is 266 g/mol. The highest BCUT2D eigenvalue weighted by Crippen LogP contribution is 2.08. The Bertz CT molecular complexity index is 360. The molecule has 1 N–H and O–H groups in total. The van der Waals surface area contributed by atoms with E-state index < -0.39 is 0 Å². The van der Waals surface area contributed by atoms with E-state index in [1.807, 2.05) is 17.9 Å². The zero-order valence-corrected chi connectivity index (χ0v) is 12.1. The molecule has 2 rings (SSSR count). The van der Waals surface area contributed by atoms with E-state index >= 15 is 0 Å². The quantitative estimate of drug-likeness (QED) is 0.748. The number of piperidine rings is 1. The summed E-state index contributed by atoms with van der Waals surface area (Å²) in [6.45, 7) is 5.11. The predicted molar refractivity (Wildman–Crippen MR) is 76.0 cm³/mol. The summed E-state index contributed by atoms with van der Waals surface area (Å²) in [5, 5.41) is 7.54. The van der Waals surface area contributed by atoms with Crippen molar-refractivity contribution >= 4 is 0 Å². The van der Waals surface area contributed by atoms with Gasteiger partial charge in [-0.15, -0.1) is 0 Å². The minimum Gasteiger partial charge on any atom is -0.378 e. The SMILES string of the molecule is CN(CCCOC1CCNCC1)Cc1cnn(C)c1. The van der Waals surface area contributed by atoms with Crippen molar-refractivity contribution in [2.75, 3.05) is 33.3 Å². The second kappa shape index (κ2) is 7.62. The minimum atomic E-state index is 0.477. The molecule has 1 aromatic rings. The molecule has 0 atom stereocenters. The van der Waals surface area contributed by atoms with Gasteiger partial charge in [-0.2, -0.15) is 5.10 Å². The summed E-state index contributed by atoms with van der Waals surface area (Å²) in [6.07, 6.45) is 7.90. The van der Waals surface area contributed by atoms with Crippen LogP contribution in [0.5, 0.6) is 0 Å². The Morgan fingerprint density at radius 2 is 2.26 bits per heavy atom. The number of ether oxygens (including phenoxy) is 1. The topological polar surface area (TPSA) is 42.3 Å². The summed E-state index contributed by atoms with van der Waals surface area (Å²) in [5.74, 6) is 0. The van der Waals surface area contributed by atoms with Gasteiger partial charge < -0.3 is 15.0 Å². The summed E-state index contributed by atoms with van der Waals surface area (Å²) in [4.78, 5) is 2.32. The van der Waals surface area contributed by atoms with Crippen molar-refractivity contribution in [2.24, 2.45) is 7.05 Å². The standard InChI is InChI=1S/C14H26N4O/c1-17(11-13-10-16-18(2)12-13)8-3-9-19-14-4-6-15-7-5-14/h10,12,14-15H,3-9,11H2,1-2H3. The smallest absolute Gasteiger partial charge is 0.0599 e. The van der Waals surface area contributed by atoms with E-state index in [2.05, 4.69) is 28.6 Å². The largest absolute Gasteiger partial charge is 0.378 e. The number of rotatable bonds is 7. The van der Waals surface area contributed by atoms with Crippen LogP contribution in [0.25, 0.3) is 0 Å². The van der Waals surface area contributed by atoms with Crippen LogP contribution in [-0.2, 0) is 18.3 Å². The van der Waals surface area contributed by atoms with Gasteiger partial charge in [0.15, 0.2) is 0 Å². The second-order valence-corrected chi connectivity index (χ2v) is 5.43. The number of nitrogens with zero attached hydrogens (tertiary/aromatic N) is 3. The lowest BCUT2D eigenvalue weighted by atomic mass is 10.1. The molecule has 1 fully saturated rings. The Morgan fingerprint density at radius 1 is 1.47 bits per heavy atom. The van der Waals surface area contributed by atoms with Gasteiger partial charge in [0.1, 0.15) is 0 Å². The van der Waals surface area contributed by atoms with Crippen molar-refractivity contribution in [3.05, 3.63) is 18.0 Å². The van der Waals surface area contributed by atoms with Crippen molar-refractivity contribution in [1.82, 2.24) is 20.0 Å². The molecule has 0 amide bonds. The molecule has 19 heavy (non-hydrogen) atoms. The number of nitrogens with one attached hydrogen (secondary N) is 1. The van der Waals surface area contributed by atoms with Crippen LogP contribution in [0, 0.1) is 0 Å². The van der Waals surface area contributed by atoms with Crippen molar-refractivity contribution < 1.29 is 4.74 Å². The lowest BCUT2D eigenvalue weighted by molar-refractivity contribution is 0.0284. The maximum atomic E-state index is 5.90. The van der Waals surface area contributed by atoms with Crippen molar-refractivity contribution in [3.8, 4) is 0 Å². The molecule has 0 radical (unpaired) electrons. The fraction of sp³-hybridized carbons (Fsp3) is 0.786. The molecule has 1 saturated heterocycles. The third-order valence-electron chi connectivity index (χ3n) is 3.53. The zero-order valence-electron chi connectivity index (χ0n) is 12.1. The van der Waals surface area contributed by atoms with Crippen molar-refractivity contribution in [2.45, 2.75) is 31.9 Å². The Kier molecular flexibility index (Phi) is 5.82. The molecule has 0 spiro atoms. The summed E-state index contributed by atoms with van der Waals surface area (Å²) >= 11 is 0. The van der Waals surface area contributed by atoms with Crippen molar-refractivity contribution in [1.29, 1.82) is 0 Å². The van der Waals surface area contributed by atoms with E-state index in [1.54, 1.807) is 0 Å². The summed E-state index contributed by atoms with van der Waals surface area (Å²) in [7, 11) is 4.11. The van der Waals surface area contributed by atoms with Crippen LogP contribution in [0.4, 0.5) is 0 Å². The third-order valence-corrected chi connectivity index (χ3v) is 3.53. The van der Waals surface area contributed by atoms with Crippen LogP contribution in [0.3, 0.4) is 0 Å². The molecule has 1 aromatic heterocycles. The molecule has 0 aliphatic carbocycles. The lowest BCUT2D eigenvalue weighted by Crippen LogP contribution is -2.33. The van der Waals surface area contributed by atoms with Crippen LogP contribution in [0.1, 0.15) is 24.8 Å². The number of hydrogen-bond acceptors (Lipinski definition) is 4. The van der Waals surface area contributed by atoms with Gasteiger partial charge in [-0.25, -0.2) is 0 Å². The van der Waals surface area contributed by atoms with E-state index in [9.17, 15) is 0 Å². The molecule has 108 valence electrons. The van der Waals surface area contributed by atoms with Gasteiger partial charge in [0, 0.05) is 38.5 Å². The maximum Gasteiger partial charge on any atom is 0.0599 e. The summed E-state index contributed by atoms with van der Waals surface area (Å²) in [5.41, 5.74) is 1.27. The first-order valence-electron chi connectivity index (χ1n) is 7.22. The van der Waals surface area contributed by atoms with Crippen LogP contribution >= 0.6 is 0 Å². The average Bonchev–Trinajstić information content (AvgIpc) is 2.81. The van der Waals surface area contributed by atoms with E-state index in [0.717, 1.165) is 52.0 Å². The zero-order chi connectivity index (χ0) is 13.5. The molecular formula is C14H26N4O. The molecule has 1 aliphatic heterocycles. The Balaban J connectivity index is 1.54. The molecular weight excluding hydrogens is 240 g/mol. The van der Waals surface area contributed by atoms with Gasteiger partial charge >= 0.3 is 0 Å². The van der Waals surface area contributed by atoms with Crippen LogP contribution in [0.15, 0.2) is 12.4 Å². The van der Waals surface area contributed by atoms with Crippen molar-refractivity contribution in [3.63, 3.8) is 0 Å². The third kappa shape index (κ3) is 5.30. The number of aromatic nitrogens is 2. The molecule has 0 aromatic carbocycles. The molecule has 1 aliphatic rings. The van der Waals surface area contributed by atoms with Gasteiger partial charge in [0.25, 0.3) is 0 Å². The fourth-order valence-corrected chi connectivity index (χ4v) is 2.49. The first-order chi connectivity index (χ1) is 9.24. The van der Waals surface area contributed by atoms with Gasteiger partial charge in [-0.05, 0) is 39.4 Å². The maximum absolute atomic E-state index is 5.90. The van der Waals surface area contributed by atoms with Gasteiger partial charge in [0.05, 0.1) is 12.3 Å². The van der Waals surface area contributed by atoms with E-state index in [4.69, 9.17) is 4.74 Å². The Labute approximate surface area is 115 Å². The monoisotopic (exact) mass is 266 g/mol. The highest BCUT2D eigenvalue weighted by atomic mass is 16.5. The minimum absolute atomic E-state index is 0.477. The Morgan fingerprint density at radius 3 is 2.95 bits per heavy atom. The molecule has 5 nitrogen and oxygen atoms in total. The molecule has 0 unspecified atom stereocenters. The van der Waals surface area contributed by atoms with Gasteiger partial charge in [0.2, 0.25) is 0 Å². The normalized spacial score (nSPS) is 17.2. The van der Waals surface area contributed by atoms with Crippen LogP contribution in [-0.4, -0.2) is 54.1 Å². The second-order valence-electron chi connectivity index (χ2n) is 5.43. The van der Waals surface area contributed by atoms with Gasteiger partial charge in [-0.1, -0.05) is 0 Å². The highest BCUT2D eigenvalue weighted by molar-refractivity contribution is 5.02. The van der Waals surface area contributed by atoms with Crippen LogP contribution in [0.2, 0.25) is 0 Å².